The van der Waals surface area contributed by atoms with E-state index in [1.807, 2.05) is 0 Å². The van der Waals surface area contributed by atoms with Gasteiger partial charge in [0.1, 0.15) is 5.69 Å². The van der Waals surface area contributed by atoms with E-state index in [-0.39, 0.29) is 11.0 Å². The first-order chi connectivity index (χ1) is 8.78. The van der Waals surface area contributed by atoms with E-state index < -0.39 is 5.69 Å². The van der Waals surface area contributed by atoms with Crippen molar-refractivity contribution in [2.24, 2.45) is 10.8 Å². The normalized spacial score (nSPS) is 32.6. The monoisotopic (exact) mass is 263 g/mol. The molecule has 0 spiro atoms. The molecule has 2 aliphatic rings. The Bertz CT molecular complexity index is 616. The predicted molar refractivity (Wildman–Crippen MR) is 74.6 cm³/mol. The van der Waals surface area contributed by atoms with Crippen molar-refractivity contribution in [3.63, 3.8) is 0 Å². The third-order valence-corrected chi connectivity index (χ3v) is 4.52. The average molecular weight is 263 g/mol. The minimum atomic E-state index is -0.442. The topological polar surface area (TPSA) is 69.0 Å². The smallest absolute Gasteiger partial charge is 0.325 e. The lowest BCUT2D eigenvalue weighted by atomic mass is 9.65. The molecule has 0 amide bonds. The molecule has 1 aliphatic heterocycles. The van der Waals surface area contributed by atoms with Crippen LogP contribution in [-0.4, -0.2) is 22.6 Å². The quantitative estimate of drug-likeness (QED) is 0.806. The molecule has 5 nitrogen and oxygen atoms in total. The van der Waals surface area contributed by atoms with Gasteiger partial charge in [0.25, 0.3) is 5.56 Å². The van der Waals surface area contributed by atoms with E-state index in [0.717, 1.165) is 19.4 Å². The maximum atomic E-state index is 12.0. The summed E-state index contributed by atoms with van der Waals surface area (Å²) in [5.41, 5.74) is 0.474. The van der Waals surface area contributed by atoms with Crippen molar-refractivity contribution in [1.82, 2.24) is 9.97 Å². The van der Waals surface area contributed by atoms with Crippen LogP contribution in [0.1, 0.15) is 40.0 Å². The molecule has 2 atom stereocenters. The van der Waals surface area contributed by atoms with Crippen molar-refractivity contribution in [3.8, 4) is 0 Å². The fourth-order valence-corrected chi connectivity index (χ4v) is 4.36. The van der Waals surface area contributed by atoms with Crippen LogP contribution in [0.2, 0.25) is 0 Å². The number of fused-ring (bicyclic) bond motifs is 2. The van der Waals surface area contributed by atoms with Gasteiger partial charge in [-0.05, 0) is 30.1 Å². The summed E-state index contributed by atoms with van der Waals surface area (Å²) in [4.78, 5) is 30.2. The van der Waals surface area contributed by atoms with Gasteiger partial charge < -0.3 is 9.88 Å². The van der Waals surface area contributed by atoms with Gasteiger partial charge in [-0.1, -0.05) is 20.8 Å². The molecule has 0 unspecified atom stereocenters. The van der Waals surface area contributed by atoms with Crippen LogP contribution >= 0.6 is 0 Å². The lowest BCUT2D eigenvalue weighted by Gasteiger charge is -2.39. The Kier molecular flexibility index (Phi) is 2.46. The number of anilines is 1. The van der Waals surface area contributed by atoms with E-state index >= 15 is 0 Å². The first kappa shape index (κ1) is 12.5. The van der Waals surface area contributed by atoms with Crippen LogP contribution in [0.3, 0.4) is 0 Å². The number of nitrogens with one attached hydrogen (secondary N) is 2. The summed E-state index contributed by atoms with van der Waals surface area (Å²) in [6.07, 6.45) is 4.97. The summed E-state index contributed by atoms with van der Waals surface area (Å²) in [7, 11) is 0. The molecule has 1 saturated heterocycles. The van der Waals surface area contributed by atoms with Gasteiger partial charge in [0, 0.05) is 18.8 Å². The second-order valence-corrected chi connectivity index (χ2v) is 7.30. The van der Waals surface area contributed by atoms with Crippen molar-refractivity contribution in [2.45, 2.75) is 46.1 Å². The average Bonchev–Trinajstić information content (AvgIpc) is 2.47. The number of H-pyrrole nitrogens is 2. The minimum absolute atomic E-state index is 0.273. The van der Waals surface area contributed by atoms with Gasteiger partial charge in [0.05, 0.1) is 0 Å². The van der Waals surface area contributed by atoms with E-state index in [9.17, 15) is 9.59 Å². The fourth-order valence-electron chi connectivity index (χ4n) is 4.36. The fraction of sp³-hybridized carbons (Fsp3) is 0.714. The van der Waals surface area contributed by atoms with Crippen LogP contribution in [0.4, 0.5) is 5.69 Å². The van der Waals surface area contributed by atoms with E-state index in [2.05, 4.69) is 35.6 Å². The largest absolute Gasteiger partial charge is 0.362 e. The zero-order chi connectivity index (χ0) is 13.8. The first-order valence-corrected chi connectivity index (χ1v) is 6.87. The number of hydrogen-bond donors (Lipinski definition) is 2. The molecule has 2 N–H and O–H groups in total. The number of aromatic amines is 2. The maximum absolute atomic E-state index is 12.0. The lowest BCUT2D eigenvalue weighted by molar-refractivity contribution is 0.136. The molecule has 104 valence electrons. The van der Waals surface area contributed by atoms with Crippen molar-refractivity contribution >= 4 is 5.69 Å². The van der Waals surface area contributed by atoms with E-state index in [4.69, 9.17) is 0 Å². The Hall–Kier alpha value is -1.52. The van der Waals surface area contributed by atoms with Crippen molar-refractivity contribution < 1.29 is 0 Å². The molecular weight excluding hydrogens is 242 g/mol. The van der Waals surface area contributed by atoms with Crippen LogP contribution in [0.5, 0.6) is 0 Å². The number of rotatable bonds is 1. The number of hydrogen-bond acceptors (Lipinski definition) is 3. The van der Waals surface area contributed by atoms with Crippen LogP contribution in [0.25, 0.3) is 0 Å². The molecule has 1 aromatic rings. The lowest BCUT2D eigenvalue weighted by Crippen LogP contribution is -2.37. The van der Waals surface area contributed by atoms with Crippen LogP contribution in [0.15, 0.2) is 15.8 Å². The molecule has 1 aliphatic carbocycles. The molecule has 3 rings (SSSR count). The van der Waals surface area contributed by atoms with E-state index in [1.165, 1.54) is 6.42 Å². The Labute approximate surface area is 112 Å². The molecule has 1 aromatic heterocycles. The highest BCUT2D eigenvalue weighted by atomic mass is 16.2. The van der Waals surface area contributed by atoms with Crippen LogP contribution in [-0.2, 0) is 0 Å². The molecule has 2 bridgehead atoms. The molecule has 5 heteroatoms. The van der Waals surface area contributed by atoms with E-state index in [0.29, 0.717) is 17.1 Å². The van der Waals surface area contributed by atoms with Gasteiger partial charge in [-0.3, -0.25) is 9.78 Å². The zero-order valence-electron chi connectivity index (χ0n) is 11.7. The molecule has 0 radical (unpaired) electrons. The summed E-state index contributed by atoms with van der Waals surface area (Å²) in [5.74, 6) is 0. The summed E-state index contributed by atoms with van der Waals surface area (Å²) in [6, 6.07) is 0.403. The van der Waals surface area contributed by atoms with Crippen LogP contribution < -0.4 is 16.1 Å². The minimum Gasteiger partial charge on any atom is -0.362 e. The van der Waals surface area contributed by atoms with Crippen LogP contribution in [0, 0.1) is 10.8 Å². The maximum Gasteiger partial charge on any atom is 0.325 e. The summed E-state index contributed by atoms with van der Waals surface area (Å²) < 4.78 is 0. The van der Waals surface area contributed by atoms with Crippen molar-refractivity contribution in [1.29, 1.82) is 0 Å². The number of aromatic nitrogens is 2. The van der Waals surface area contributed by atoms with Crippen molar-refractivity contribution in [2.75, 3.05) is 11.4 Å². The standard InChI is InChI=1S/C14H21N3O2/c1-13(2)4-9-5-14(3,7-13)8-17(9)10-6-15-12(19)16-11(10)18/h6,9H,4-5,7-8H2,1-3H3,(H2,15,16,18,19)/t9-,14+/m1/s1. The predicted octanol–water partition coefficient (Wildman–Crippen LogP) is 1.47. The molecule has 19 heavy (non-hydrogen) atoms. The van der Waals surface area contributed by atoms with Gasteiger partial charge in [0.15, 0.2) is 0 Å². The summed E-state index contributed by atoms with van der Waals surface area (Å²) >= 11 is 0. The highest BCUT2D eigenvalue weighted by molar-refractivity contribution is 5.46. The highest BCUT2D eigenvalue weighted by Gasteiger charge is 2.50. The Morgan fingerprint density at radius 1 is 1.26 bits per heavy atom. The Morgan fingerprint density at radius 2 is 2.00 bits per heavy atom. The van der Waals surface area contributed by atoms with E-state index in [1.54, 1.807) is 6.20 Å². The highest BCUT2D eigenvalue weighted by Crippen LogP contribution is 2.52. The van der Waals surface area contributed by atoms with Crippen molar-refractivity contribution in [3.05, 3.63) is 27.0 Å². The second kappa shape index (κ2) is 3.74. The summed E-state index contributed by atoms with van der Waals surface area (Å²) in [5, 5.41) is 0. The van der Waals surface area contributed by atoms with Gasteiger partial charge in [-0.2, -0.15) is 0 Å². The van der Waals surface area contributed by atoms with Gasteiger partial charge in [-0.25, -0.2) is 4.79 Å². The van der Waals surface area contributed by atoms with Gasteiger partial charge in [-0.15, -0.1) is 0 Å². The third-order valence-electron chi connectivity index (χ3n) is 4.52. The number of nitrogens with zero attached hydrogens (tertiary/aromatic N) is 1. The van der Waals surface area contributed by atoms with Gasteiger partial charge in [0.2, 0.25) is 0 Å². The van der Waals surface area contributed by atoms with Gasteiger partial charge >= 0.3 is 5.69 Å². The molecule has 2 fully saturated rings. The zero-order valence-corrected chi connectivity index (χ0v) is 11.7. The molecule has 2 heterocycles. The first-order valence-electron chi connectivity index (χ1n) is 6.87. The second-order valence-electron chi connectivity index (χ2n) is 7.30. The third kappa shape index (κ3) is 2.11. The molecule has 0 aromatic carbocycles. The molecular formula is C14H21N3O2. The summed E-state index contributed by atoms with van der Waals surface area (Å²) in [6.45, 7) is 7.81. The Balaban J connectivity index is 2.00. The SMILES string of the molecule is CC1(C)C[C@@H]2C[C@](C)(CN2c2c[nH]c(=O)[nH]c2=O)C1. The Morgan fingerprint density at radius 3 is 2.68 bits per heavy atom. The molecule has 1 saturated carbocycles.